The van der Waals surface area contributed by atoms with Gasteiger partial charge < -0.3 is 11.1 Å². The van der Waals surface area contributed by atoms with Gasteiger partial charge in [0, 0.05) is 12.4 Å². The van der Waals surface area contributed by atoms with E-state index in [0.29, 0.717) is 16.8 Å². The van der Waals surface area contributed by atoms with Gasteiger partial charge >= 0.3 is 0 Å². The van der Waals surface area contributed by atoms with Gasteiger partial charge in [-0.1, -0.05) is 11.6 Å². The molecule has 0 aliphatic heterocycles. The predicted octanol–water partition coefficient (Wildman–Crippen LogP) is 2.65. The van der Waals surface area contributed by atoms with Gasteiger partial charge in [0.15, 0.2) is 5.82 Å². The van der Waals surface area contributed by atoms with Crippen LogP contribution in [0.4, 0.5) is 15.8 Å². The van der Waals surface area contributed by atoms with E-state index in [1.807, 2.05) is 0 Å². The van der Waals surface area contributed by atoms with Crippen LogP contribution >= 0.6 is 11.6 Å². The number of nitrogens with one attached hydrogen (secondary N) is 1. The van der Waals surface area contributed by atoms with Gasteiger partial charge in [0.25, 0.3) is 0 Å². The second-order valence-electron chi connectivity index (χ2n) is 3.10. The van der Waals surface area contributed by atoms with Crippen LogP contribution in [0.25, 0.3) is 10.9 Å². The van der Waals surface area contributed by atoms with E-state index in [-0.39, 0.29) is 10.5 Å². The second kappa shape index (κ2) is 3.55. The van der Waals surface area contributed by atoms with E-state index in [9.17, 15) is 4.39 Å². The number of benzene rings is 1. The van der Waals surface area contributed by atoms with Crippen LogP contribution in [0.2, 0.25) is 5.02 Å². The van der Waals surface area contributed by atoms with E-state index in [0.717, 1.165) is 0 Å². The van der Waals surface area contributed by atoms with E-state index < -0.39 is 5.82 Å². The normalized spacial score (nSPS) is 10.6. The van der Waals surface area contributed by atoms with Crippen LogP contribution in [-0.4, -0.2) is 12.0 Å². The molecule has 15 heavy (non-hydrogen) atoms. The van der Waals surface area contributed by atoms with E-state index in [2.05, 4.69) is 10.3 Å². The third-order valence-electron chi connectivity index (χ3n) is 2.21. The van der Waals surface area contributed by atoms with Crippen molar-refractivity contribution in [1.82, 2.24) is 4.98 Å². The van der Waals surface area contributed by atoms with Gasteiger partial charge in [0.05, 0.1) is 22.6 Å². The molecule has 5 heteroatoms. The molecule has 3 nitrogen and oxygen atoms in total. The lowest BCUT2D eigenvalue weighted by molar-refractivity contribution is 0.637. The van der Waals surface area contributed by atoms with E-state index >= 15 is 0 Å². The fourth-order valence-electron chi connectivity index (χ4n) is 1.50. The summed E-state index contributed by atoms with van der Waals surface area (Å²) in [5, 5.41) is 3.59. The summed E-state index contributed by atoms with van der Waals surface area (Å²) in [7, 11) is 1.72. The Morgan fingerprint density at radius 2 is 2.20 bits per heavy atom. The fraction of sp³-hybridized carbons (Fsp3) is 0.100. The molecule has 0 amide bonds. The SMILES string of the molecule is CNc1c(N)cnc2c(F)c(Cl)ccc12. The van der Waals surface area contributed by atoms with Gasteiger partial charge in [-0.05, 0) is 12.1 Å². The van der Waals surface area contributed by atoms with E-state index in [4.69, 9.17) is 17.3 Å². The van der Waals surface area contributed by atoms with Gasteiger partial charge in [-0.25, -0.2) is 4.39 Å². The molecule has 0 fully saturated rings. The Balaban J connectivity index is 2.89. The number of anilines is 2. The van der Waals surface area contributed by atoms with Crippen molar-refractivity contribution in [3.63, 3.8) is 0 Å². The summed E-state index contributed by atoms with van der Waals surface area (Å²) in [6.07, 6.45) is 1.41. The van der Waals surface area contributed by atoms with Crippen molar-refractivity contribution in [2.75, 3.05) is 18.1 Å². The second-order valence-corrected chi connectivity index (χ2v) is 3.50. The Morgan fingerprint density at radius 3 is 2.87 bits per heavy atom. The zero-order valence-electron chi connectivity index (χ0n) is 8.01. The Hall–Kier alpha value is -1.55. The molecular formula is C10H9ClFN3. The topological polar surface area (TPSA) is 50.9 Å². The molecule has 1 aromatic carbocycles. The number of nitrogens with zero attached hydrogens (tertiary/aromatic N) is 1. The van der Waals surface area contributed by atoms with Gasteiger partial charge in [0.1, 0.15) is 5.52 Å². The Morgan fingerprint density at radius 1 is 1.47 bits per heavy atom. The van der Waals surface area contributed by atoms with Gasteiger partial charge in [-0.2, -0.15) is 0 Å². The zero-order chi connectivity index (χ0) is 11.0. The summed E-state index contributed by atoms with van der Waals surface area (Å²) in [6, 6.07) is 3.18. The summed E-state index contributed by atoms with van der Waals surface area (Å²) in [5.41, 5.74) is 7.07. The quantitative estimate of drug-likeness (QED) is 0.785. The first kappa shape index (κ1) is 9.98. The summed E-state index contributed by atoms with van der Waals surface area (Å²) in [4.78, 5) is 3.93. The zero-order valence-corrected chi connectivity index (χ0v) is 8.77. The highest BCUT2D eigenvalue weighted by Crippen LogP contribution is 2.31. The number of nitrogen functional groups attached to an aromatic ring is 1. The predicted molar refractivity (Wildman–Crippen MR) is 60.7 cm³/mol. The number of halogens is 2. The van der Waals surface area contributed by atoms with Crippen LogP contribution in [0.5, 0.6) is 0 Å². The largest absolute Gasteiger partial charge is 0.396 e. The summed E-state index contributed by atoms with van der Waals surface area (Å²) < 4.78 is 13.6. The molecule has 2 aromatic rings. The molecule has 1 aromatic heterocycles. The maximum absolute atomic E-state index is 13.6. The maximum Gasteiger partial charge on any atom is 0.168 e. The summed E-state index contributed by atoms with van der Waals surface area (Å²) >= 11 is 5.66. The molecule has 0 aliphatic rings. The first-order valence-corrected chi connectivity index (χ1v) is 4.73. The molecule has 78 valence electrons. The number of pyridine rings is 1. The average molecular weight is 226 g/mol. The number of aromatic nitrogens is 1. The molecule has 0 saturated heterocycles. The molecule has 0 aliphatic carbocycles. The summed E-state index contributed by atoms with van der Waals surface area (Å²) in [5.74, 6) is -0.523. The lowest BCUT2D eigenvalue weighted by atomic mass is 10.1. The molecule has 0 bridgehead atoms. The van der Waals surface area contributed by atoms with Crippen LogP contribution in [0, 0.1) is 5.82 Å². The Labute approximate surface area is 91.1 Å². The Kier molecular flexibility index (Phi) is 2.36. The molecule has 2 rings (SSSR count). The van der Waals surface area contributed by atoms with Gasteiger partial charge in [-0.3, -0.25) is 4.98 Å². The third kappa shape index (κ3) is 1.47. The van der Waals surface area contributed by atoms with Gasteiger partial charge in [-0.15, -0.1) is 0 Å². The van der Waals surface area contributed by atoms with Crippen molar-refractivity contribution in [3.05, 3.63) is 29.2 Å². The molecule has 0 atom stereocenters. The van der Waals surface area contributed by atoms with Gasteiger partial charge in [0.2, 0.25) is 0 Å². The van der Waals surface area contributed by atoms with Crippen LogP contribution in [0.3, 0.4) is 0 Å². The number of hydrogen-bond donors (Lipinski definition) is 2. The molecule has 1 heterocycles. The molecule has 0 unspecified atom stereocenters. The third-order valence-corrected chi connectivity index (χ3v) is 2.50. The minimum Gasteiger partial charge on any atom is -0.396 e. The van der Waals surface area contributed by atoms with E-state index in [1.165, 1.54) is 12.3 Å². The molecular weight excluding hydrogens is 217 g/mol. The van der Waals surface area contributed by atoms with Crippen LogP contribution < -0.4 is 11.1 Å². The standard InChI is InChI=1S/C10H9ClFN3/c1-14-9-5-2-3-6(11)8(12)10(5)15-4-7(9)13/h2-4H,13H2,1H3,(H,14,15). The van der Waals surface area contributed by atoms with E-state index in [1.54, 1.807) is 13.1 Å². The minimum atomic E-state index is -0.523. The molecule has 0 spiro atoms. The van der Waals surface area contributed by atoms with Crippen molar-refractivity contribution >= 4 is 33.9 Å². The van der Waals surface area contributed by atoms with Crippen molar-refractivity contribution < 1.29 is 4.39 Å². The molecule has 3 N–H and O–H groups in total. The highest BCUT2D eigenvalue weighted by Gasteiger charge is 2.11. The number of nitrogens with two attached hydrogens (primary N) is 1. The number of fused-ring (bicyclic) bond motifs is 1. The lowest BCUT2D eigenvalue weighted by Crippen LogP contribution is -1.99. The van der Waals surface area contributed by atoms with Crippen molar-refractivity contribution in [2.45, 2.75) is 0 Å². The van der Waals surface area contributed by atoms with Crippen molar-refractivity contribution in [3.8, 4) is 0 Å². The Bertz CT molecular complexity index is 528. The smallest absolute Gasteiger partial charge is 0.168 e. The monoisotopic (exact) mass is 225 g/mol. The van der Waals surface area contributed by atoms with Crippen molar-refractivity contribution in [2.24, 2.45) is 0 Å². The van der Waals surface area contributed by atoms with Crippen LogP contribution in [-0.2, 0) is 0 Å². The maximum atomic E-state index is 13.6. The highest BCUT2D eigenvalue weighted by atomic mass is 35.5. The van der Waals surface area contributed by atoms with Crippen molar-refractivity contribution in [1.29, 1.82) is 0 Å². The lowest BCUT2D eigenvalue weighted by Gasteiger charge is -2.09. The first-order valence-electron chi connectivity index (χ1n) is 4.35. The molecule has 0 radical (unpaired) electrons. The fourth-order valence-corrected chi connectivity index (χ4v) is 1.65. The molecule has 0 saturated carbocycles. The average Bonchev–Trinajstić information content (AvgIpc) is 2.23. The number of rotatable bonds is 1. The van der Waals surface area contributed by atoms with Crippen LogP contribution in [0.1, 0.15) is 0 Å². The van der Waals surface area contributed by atoms with Crippen LogP contribution in [0.15, 0.2) is 18.3 Å². The first-order chi connectivity index (χ1) is 7.15. The minimum absolute atomic E-state index is 0.0572. The number of hydrogen-bond acceptors (Lipinski definition) is 3. The summed E-state index contributed by atoms with van der Waals surface area (Å²) in [6.45, 7) is 0. The highest BCUT2D eigenvalue weighted by molar-refractivity contribution is 6.31.